The zero-order valence-corrected chi connectivity index (χ0v) is 15.1. The van der Waals surface area contributed by atoms with Gasteiger partial charge in [-0.1, -0.05) is 30.0 Å². The van der Waals surface area contributed by atoms with Crippen LogP contribution in [0.1, 0.15) is 12.5 Å². The SMILES string of the molecule is Cc1ccccc1NC(=O)[C@@H](C)Sc1nnc(-c2cccnc2)n1C. The lowest BCUT2D eigenvalue weighted by Crippen LogP contribution is -2.23. The summed E-state index contributed by atoms with van der Waals surface area (Å²) >= 11 is 1.38. The third-order valence-electron chi connectivity index (χ3n) is 3.81. The van der Waals surface area contributed by atoms with E-state index in [0.717, 1.165) is 22.6 Å². The van der Waals surface area contributed by atoms with E-state index in [1.165, 1.54) is 11.8 Å². The molecule has 2 heterocycles. The lowest BCUT2D eigenvalue weighted by molar-refractivity contribution is -0.115. The quantitative estimate of drug-likeness (QED) is 0.713. The number of carbonyl (C=O) groups excluding carboxylic acids is 1. The number of hydrogen-bond donors (Lipinski definition) is 1. The summed E-state index contributed by atoms with van der Waals surface area (Å²) in [5.74, 6) is 0.660. The molecule has 3 aromatic rings. The Morgan fingerprint density at radius 3 is 2.72 bits per heavy atom. The Kier molecular flexibility index (Phi) is 5.14. The highest BCUT2D eigenvalue weighted by Crippen LogP contribution is 2.26. The van der Waals surface area contributed by atoms with Crippen molar-refractivity contribution >= 4 is 23.4 Å². The molecular formula is C18H19N5OS. The fourth-order valence-corrected chi connectivity index (χ4v) is 3.14. The molecule has 0 saturated heterocycles. The van der Waals surface area contributed by atoms with Crippen molar-refractivity contribution in [3.63, 3.8) is 0 Å². The Balaban J connectivity index is 1.71. The molecule has 0 aliphatic carbocycles. The van der Waals surface area contributed by atoms with E-state index in [0.29, 0.717) is 5.16 Å². The fourth-order valence-electron chi connectivity index (χ4n) is 2.32. The highest BCUT2D eigenvalue weighted by Gasteiger charge is 2.19. The van der Waals surface area contributed by atoms with Gasteiger partial charge < -0.3 is 9.88 Å². The van der Waals surface area contributed by atoms with E-state index in [4.69, 9.17) is 0 Å². The van der Waals surface area contributed by atoms with Crippen LogP contribution >= 0.6 is 11.8 Å². The lowest BCUT2D eigenvalue weighted by Gasteiger charge is -2.13. The summed E-state index contributed by atoms with van der Waals surface area (Å²) in [6, 6.07) is 11.5. The minimum atomic E-state index is -0.302. The monoisotopic (exact) mass is 353 g/mol. The molecule has 0 saturated carbocycles. The van der Waals surface area contributed by atoms with Crippen LogP contribution in [-0.2, 0) is 11.8 Å². The topological polar surface area (TPSA) is 72.7 Å². The number of amides is 1. The van der Waals surface area contributed by atoms with Crippen molar-refractivity contribution in [3.8, 4) is 11.4 Å². The van der Waals surface area contributed by atoms with Gasteiger partial charge in [-0.05, 0) is 37.6 Å². The van der Waals surface area contributed by atoms with Crippen molar-refractivity contribution in [2.45, 2.75) is 24.3 Å². The molecule has 25 heavy (non-hydrogen) atoms. The van der Waals surface area contributed by atoms with Gasteiger partial charge >= 0.3 is 0 Å². The highest BCUT2D eigenvalue weighted by atomic mass is 32.2. The van der Waals surface area contributed by atoms with Crippen LogP contribution in [0.2, 0.25) is 0 Å². The van der Waals surface area contributed by atoms with Gasteiger partial charge in [-0.2, -0.15) is 0 Å². The second-order valence-corrected chi connectivity index (χ2v) is 6.98. The van der Waals surface area contributed by atoms with Gasteiger partial charge in [0.1, 0.15) is 0 Å². The van der Waals surface area contributed by atoms with Crippen LogP contribution in [0.5, 0.6) is 0 Å². The number of benzene rings is 1. The van der Waals surface area contributed by atoms with Gasteiger partial charge in [0.25, 0.3) is 0 Å². The Bertz CT molecular complexity index is 878. The molecule has 0 spiro atoms. The molecule has 0 bridgehead atoms. The molecule has 1 amide bonds. The lowest BCUT2D eigenvalue weighted by atomic mass is 10.2. The Morgan fingerprint density at radius 2 is 2.00 bits per heavy atom. The molecule has 128 valence electrons. The zero-order valence-electron chi connectivity index (χ0n) is 14.3. The molecule has 0 aliphatic heterocycles. The van der Waals surface area contributed by atoms with Gasteiger partial charge in [0.05, 0.1) is 5.25 Å². The Labute approximate surface area is 150 Å². The summed E-state index contributed by atoms with van der Waals surface area (Å²) in [5, 5.41) is 11.8. The van der Waals surface area contributed by atoms with Gasteiger partial charge in [-0.3, -0.25) is 9.78 Å². The number of aryl methyl sites for hydroxylation is 1. The van der Waals surface area contributed by atoms with Crippen LogP contribution in [0.4, 0.5) is 5.69 Å². The van der Waals surface area contributed by atoms with Crippen molar-refractivity contribution in [1.82, 2.24) is 19.7 Å². The van der Waals surface area contributed by atoms with Crippen LogP contribution in [0.15, 0.2) is 53.9 Å². The van der Waals surface area contributed by atoms with Crippen LogP contribution < -0.4 is 5.32 Å². The van der Waals surface area contributed by atoms with Crippen LogP contribution in [0.3, 0.4) is 0 Å². The average molecular weight is 353 g/mol. The van der Waals surface area contributed by atoms with E-state index in [1.54, 1.807) is 12.4 Å². The maximum absolute atomic E-state index is 12.5. The summed E-state index contributed by atoms with van der Waals surface area (Å²) in [6.45, 7) is 3.83. The van der Waals surface area contributed by atoms with Crippen LogP contribution in [0, 0.1) is 6.92 Å². The standard InChI is InChI=1S/C18H19N5OS/c1-12-7-4-5-9-15(12)20-17(24)13(2)25-18-22-21-16(23(18)3)14-8-6-10-19-11-14/h4-11,13H,1-3H3,(H,20,24)/t13-/m1/s1. The van der Waals surface area contributed by atoms with E-state index >= 15 is 0 Å². The average Bonchev–Trinajstić information content (AvgIpc) is 2.98. The predicted molar refractivity (Wildman–Crippen MR) is 99.4 cm³/mol. The molecule has 1 atom stereocenters. The first kappa shape index (κ1) is 17.2. The molecule has 3 rings (SSSR count). The number of hydrogen-bond acceptors (Lipinski definition) is 5. The summed E-state index contributed by atoms with van der Waals surface area (Å²) in [7, 11) is 1.89. The number of pyridine rings is 1. The molecule has 0 aliphatic rings. The number of para-hydroxylation sites is 1. The van der Waals surface area contributed by atoms with Gasteiger partial charge in [0.2, 0.25) is 5.91 Å². The van der Waals surface area contributed by atoms with E-state index in [9.17, 15) is 4.79 Å². The second-order valence-electron chi connectivity index (χ2n) is 5.67. The first-order valence-electron chi connectivity index (χ1n) is 7.89. The number of thioether (sulfide) groups is 1. The van der Waals surface area contributed by atoms with Gasteiger partial charge in [-0.15, -0.1) is 10.2 Å². The van der Waals surface area contributed by atoms with Gasteiger partial charge in [0.15, 0.2) is 11.0 Å². The van der Waals surface area contributed by atoms with Crippen LogP contribution in [-0.4, -0.2) is 30.9 Å². The van der Waals surface area contributed by atoms with Crippen molar-refractivity contribution in [1.29, 1.82) is 0 Å². The van der Waals surface area contributed by atoms with Gasteiger partial charge in [-0.25, -0.2) is 0 Å². The smallest absolute Gasteiger partial charge is 0.237 e. The van der Waals surface area contributed by atoms with Gasteiger partial charge in [0, 0.05) is 30.7 Å². The minimum Gasteiger partial charge on any atom is -0.325 e. The van der Waals surface area contributed by atoms with Crippen LogP contribution in [0.25, 0.3) is 11.4 Å². The van der Waals surface area contributed by atoms with Crippen molar-refractivity contribution in [3.05, 3.63) is 54.4 Å². The number of aromatic nitrogens is 4. The summed E-state index contributed by atoms with van der Waals surface area (Å²) in [4.78, 5) is 16.6. The molecule has 1 aromatic carbocycles. The molecule has 7 heteroatoms. The van der Waals surface area contributed by atoms with Crippen molar-refractivity contribution in [2.75, 3.05) is 5.32 Å². The fraction of sp³-hybridized carbons (Fsp3) is 0.222. The number of carbonyl (C=O) groups is 1. The highest BCUT2D eigenvalue weighted by molar-refractivity contribution is 8.00. The summed E-state index contributed by atoms with van der Waals surface area (Å²) in [5.41, 5.74) is 2.75. The minimum absolute atomic E-state index is 0.0646. The third-order valence-corrected chi connectivity index (χ3v) is 4.94. The Morgan fingerprint density at radius 1 is 1.20 bits per heavy atom. The summed E-state index contributed by atoms with van der Waals surface area (Å²) in [6.07, 6.45) is 3.46. The molecule has 0 fully saturated rings. The van der Waals surface area contributed by atoms with E-state index in [1.807, 2.05) is 61.9 Å². The zero-order chi connectivity index (χ0) is 17.8. The van der Waals surface area contributed by atoms with E-state index in [2.05, 4.69) is 20.5 Å². The largest absolute Gasteiger partial charge is 0.325 e. The number of nitrogens with zero attached hydrogens (tertiary/aromatic N) is 4. The first-order valence-corrected chi connectivity index (χ1v) is 8.77. The van der Waals surface area contributed by atoms with Crippen molar-refractivity contribution < 1.29 is 4.79 Å². The number of anilines is 1. The molecular weight excluding hydrogens is 334 g/mol. The first-order chi connectivity index (χ1) is 12.1. The Hall–Kier alpha value is -2.67. The maximum atomic E-state index is 12.5. The predicted octanol–water partition coefficient (Wildman–Crippen LogP) is 3.30. The molecule has 0 unspecified atom stereocenters. The second kappa shape index (κ2) is 7.48. The number of nitrogens with one attached hydrogen (secondary N) is 1. The van der Waals surface area contributed by atoms with E-state index < -0.39 is 0 Å². The maximum Gasteiger partial charge on any atom is 0.237 e. The number of rotatable bonds is 5. The normalized spacial score (nSPS) is 12.0. The molecule has 1 N–H and O–H groups in total. The van der Waals surface area contributed by atoms with Crippen molar-refractivity contribution in [2.24, 2.45) is 7.05 Å². The summed E-state index contributed by atoms with van der Waals surface area (Å²) < 4.78 is 1.87. The van der Waals surface area contributed by atoms with E-state index in [-0.39, 0.29) is 11.2 Å². The molecule has 2 aromatic heterocycles. The molecule has 0 radical (unpaired) electrons. The molecule has 6 nitrogen and oxygen atoms in total. The third kappa shape index (κ3) is 3.88.